The van der Waals surface area contributed by atoms with E-state index in [2.05, 4.69) is 20.7 Å². The number of amides is 1. The number of esters is 1. The van der Waals surface area contributed by atoms with E-state index in [1.165, 1.54) is 18.9 Å². The third-order valence-electron chi connectivity index (χ3n) is 5.30. The molecule has 0 unspecified atom stereocenters. The van der Waals surface area contributed by atoms with Crippen molar-refractivity contribution in [3.05, 3.63) is 70.1 Å². The van der Waals surface area contributed by atoms with Gasteiger partial charge in [0.15, 0.2) is 0 Å². The van der Waals surface area contributed by atoms with Gasteiger partial charge in [0.1, 0.15) is 17.5 Å². The second kappa shape index (κ2) is 9.44. The highest BCUT2D eigenvalue weighted by molar-refractivity contribution is 6.30. The van der Waals surface area contributed by atoms with Crippen molar-refractivity contribution < 1.29 is 23.8 Å². The molecule has 0 saturated carbocycles. The number of aromatic nitrogens is 3. The molecule has 0 fully saturated rings. The Kier molecular flexibility index (Phi) is 6.42. The van der Waals surface area contributed by atoms with Crippen LogP contribution in [0.25, 0.3) is 0 Å². The summed E-state index contributed by atoms with van der Waals surface area (Å²) in [6, 6.07) is 11.2. The number of rotatable bonds is 6. The second-order valence-electron chi connectivity index (χ2n) is 7.33. The van der Waals surface area contributed by atoms with Crippen LogP contribution in [0, 0.1) is 0 Å². The number of ether oxygens (including phenoxy) is 3. The number of carbonyl (C=O) groups excluding carboxylic acids is 2. The smallest absolute Gasteiger partial charge is 0.378 e. The molecule has 3 aromatic rings. The Hall–Kier alpha value is -4.05. The highest BCUT2D eigenvalue weighted by atomic mass is 35.5. The first-order valence-corrected chi connectivity index (χ1v) is 10.6. The van der Waals surface area contributed by atoms with Crippen LogP contribution in [0.1, 0.15) is 29.1 Å². The van der Waals surface area contributed by atoms with Crippen LogP contribution in [0.15, 0.2) is 53.7 Å². The van der Waals surface area contributed by atoms with E-state index in [9.17, 15) is 9.59 Å². The van der Waals surface area contributed by atoms with Crippen molar-refractivity contribution in [2.75, 3.05) is 32.0 Å². The lowest BCUT2D eigenvalue weighted by Crippen LogP contribution is -2.31. The predicted molar refractivity (Wildman–Crippen MR) is 125 cm³/mol. The van der Waals surface area contributed by atoms with Gasteiger partial charge >= 0.3 is 5.97 Å². The number of anilines is 2. The summed E-state index contributed by atoms with van der Waals surface area (Å²) in [5, 5.41) is 10.8. The zero-order valence-electron chi connectivity index (χ0n) is 18.9. The Morgan fingerprint density at radius 1 is 1.09 bits per heavy atom. The second-order valence-corrected chi connectivity index (χ2v) is 7.77. The van der Waals surface area contributed by atoms with Crippen LogP contribution in [0.2, 0.25) is 5.02 Å². The number of methoxy groups -OCH3 is 3. The molecule has 1 aromatic heterocycles. The van der Waals surface area contributed by atoms with E-state index in [-0.39, 0.29) is 17.7 Å². The molecule has 176 valence electrons. The topological polar surface area (TPSA) is 117 Å². The van der Waals surface area contributed by atoms with Crippen molar-refractivity contribution in [2.24, 2.45) is 0 Å². The van der Waals surface area contributed by atoms with Gasteiger partial charge in [-0.3, -0.25) is 4.79 Å². The standard InChI is InChI=1S/C23H22ClN5O5/c1-12-18(21(30)26-14-7-5-13(24)6-8-14)19(16-10-9-15(32-2)11-17(16)33-3)29-23(25-12)27-20(28-29)22(31)34-4/h5-11,19H,1-4H3,(H,26,30)(H,25,27,28)/t19-/m1/s1. The van der Waals surface area contributed by atoms with E-state index in [1.807, 2.05) is 0 Å². The van der Waals surface area contributed by atoms with E-state index in [0.717, 1.165) is 0 Å². The number of fused-ring (bicyclic) bond motifs is 1. The fourth-order valence-electron chi connectivity index (χ4n) is 3.69. The molecular weight excluding hydrogens is 462 g/mol. The summed E-state index contributed by atoms with van der Waals surface area (Å²) < 4.78 is 17.1. The molecule has 1 amide bonds. The maximum absolute atomic E-state index is 13.5. The van der Waals surface area contributed by atoms with Crippen LogP contribution < -0.4 is 20.1 Å². The van der Waals surface area contributed by atoms with Crippen molar-refractivity contribution in [1.29, 1.82) is 0 Å². The molecule has 10 nitrogen and oxygen atoms in total. The Balaban J connectivity index is 1.85. The summed E-state index contributed by atoms with van der Waals surface area (Å²) in [6.45, 7) is 1.75. The van der Waals surface area contributed by atoms with Crippen molar-refractivity contribution in [2.45, 2.75) is 13.0 Å². The molecule has 2 heterocycles. The molecular formula is C23H22ClN5O5. The lowest BCUT2D eigenvalue weighted by atomic mass is 9.94. The molecule has 1 atom stereocenters. The molecule has 1 aliphatic rings. The summed E-state index contributed by atoms with van der Waals surface area (Å²) >= 11 is 5.96. The van der Waals surface area contributed by atoms with Gasteiger partial charge in [0, 0.05) is 28.0 Å². The first-order chi connectivity index (χ1) is 16.4. The molecule has 4 rings (SSSR count). The number of nitrogens with one attached hydrogen (secondary N) is 2. The van der Waals surface area contributed by atoms with Crippen LogP contribution in [0.5, 0.6) is 11.5 Å². The fourth-order valence-corrected chi connectivity index (χ4v) is 3.81. The first-order valence-electron chi connectivity index (χ1n) is 10.2. The van der Waals surface area contributed by atoms with Crippen molar-refractivity contribution in [1.82, 2.24) is 14.8 Å². The minimum Gasteiger partial charge on any atom is -0.497 e. The van der Waals surface area contributed by atoms with E-state index >= 15 is 0 Å². The quantitative estimate of drug-likeness (QED) is 0.510. The third kappa shape index (κ3) is 4.27. The van der Waals surface area contributed by atoms with Crippen molar-refractivity contribution in [3.8, 4) is 11.5 Å². The number of allylic oxidation sites excluding steroid dienone is 1. The molecule has 1 aliphatic heterocycles. The van der Waals surface area contributed by atoms with E-state index in [1.54, 1.807) is 56.5 Å². The van der Waals surface area contributed by atoms with E-state index < -0.39 is 12.0 Å². The normalized spacial score (nSPS) is 14.7. The van der Waals surface area contributed by atoms with Gasteiger partial charge < -0.3 is 24.8 Å². The minimum atomic E-state index is -0.768. The monoisotopic (exact) mass is 483 g/mol. The SMILES string of the molecule is COC(=O)c1nc2n(n1)[C@H](c1ccc(OC)cc1OC)C(C(=O)Nc1ccc(Cl)cc1)=C(C)N2. The number of hydrogen-bond donors (Lipinski definition) is 2. The molecule has 0 aliphatic carbocycles. The van der Waals surface area contributed by atoms with E-state index in [4.69, 9.17) is 25.8 Å². The Morgan fingerprint density at radius 3 is 2.47 bits per heavy atom. The zero-order chi connectivity index (χ0) is 24.4. The number of hydrogen-bond acceptors (Lipinski definition) is 8. The van der Waals surface area contributed by atoms with Gasteiger partial charge in [-0.15, -0.1) is 5.10 Å². The maximum Gasteiger partial charge on any atom is 0.378 e. The van der Waals surface area contributed by atoms with Gasteiger partial charge in [0.2, 0.25) is 5.95 Å². The lowest BCUT2D eigenvalue weighted by Gasteiger charge is -2.29. The summed E-state index contributed by atoms with van der Waals surface area (Å²) in [5.41, 5.74) is 2.07. The minimum absolute atomic E-state index is 0.144. The summed E-state index contributed by atoms with van der Waals surface area (Å²) in [6.07, 6.45) is 0. The molecule has 0 bridgehead atoms. The fraction of sp³-hybridized carbons (Fsp3) is 0.217. The Bertz CT molecular complexity index is 1290. The largest absolute Gasteiger partial charge is 0.497 e. The zero-order valence-corrected chi connectivity index (χ0v) is 19.6. The maximum atomic E-state index is 13.5. The molecule has 2 N–H and O–H groups in total. The van der Waals surface area contributed by atoms with Crippen molar-refractivity contribution in [3.63, 3.8) is 0 Å². The van der Waals surface area contributed by atoms with Gasteiger partial charge in [0.25, 0.3) is 11.7 Å². The molecule has 2 aromatic carbocycles. The van der Waals surface area contributed by atoms with Crippen molar-refractivity contribution >= 4 is 35.1 Å². The van der Waals surface area contributed by atoms with Crippen LogP contribution in [-0.2, 0) is 9.53 Å². The van der Waals surface area contributed by atoms with Gasteiger partial charge in [-0.1, -0.05) is 11.6 Å². The number of halogens is 1. The summed E-state index contributed by atoms with van der Waals surface area (Å²) in [7, 11) is 4.31. The van der Waals surface area contributed by atoms with Crippen LogP contribution >= 0.6 is 11.6 Å². The van der Waals surface area contributed by atoms with Crippen LogP contribution in [0.4, 0.5) is 11.6 Å². The lowest BCUT2D eigenvalue weighted by molar-refractivity contribution is -0.113. The predicted octanol–water partition coefficient (Wildman–Crippen LogP) is 3.66. The van der Waals surface area contributed by atoms with Gasteiger partial charge in [-0.05, 0) is 43.3 Å². The Labute approximate surface area is 200 Å². The molecule has 0 radical (unpaired) electrons. The van der Waals surface area contributed by atoms with Gasteiger partial charge in [-0.25, -0.2) is 9.48 Å². The van der Waals surface area contributed by atoms with Crippen LogP contribution in [-0.4, -0.2) is 48.0 Å². The Morgan fingerprint density at radius 2 is 1.82 bits per heavy atom. The first kappa shape index (κ1) is 23.1. The molecule has 0 spiro atoms. The van der Waals surface area contributed by atoms with Gasteiger partial charge in [-0.2, -0.15) is 4.98 Å². The number of benzene rings is 2. The average molecular weight is 484 g/mol. The number of nitrogens with zero attached hydrogens (tertiary/aromatic N) is 3. The van der Waals surface area contributed by atoms with E-state index in [0.29, 0.717) is 39.0 Å². The highest BCUT2D eigenvalue weighted by Gasteiger charge is 2.37. The molecule has 11 heteroatoms. The summed E-state index contributed by atoms with van der Waals surface area (Å²) in [4.78, 5) is 29.9. The number of carbonyl (C=O) groups is 2. The van der Waals surface area contributed by atoms with Gasteiger partial charge in [0.05, 0.1) is 26.9 Å². The molecule has 34 heavy (non-hydrogen) atoms. The third-order valence-corrected chi connectivity index (χ3v) is 5.55. The van der Waals surface area contributed by atoms with Crippen LogP contribution in [0.3, 0.4) is 0 Å². The summed E-state index contributed by atoms with van der Waals surface area (Å²) in [5.74, 6) is 0.108. The molecule has 0 saturated heterocycles. The highest BCUT2D eigenvalue weighted by Crippen LogP contribution is 2.40. The average Bonchev–Trinajstić information content (AvgIpc) is 3.27.